The van der Waals surface area contributed by atoms with E-state index in [1.54, 1.807) is 0 Å². The summed E-state index contributed by atoms with van der Waals surface area (Å²) in [6.07, 6.45) is 7.18. The summed E-state index contributed by atoms with van der Waals surface area (Å²) in [4.78, 5) is 23.1. The average molecular weight is 269 g/mol. The molecule has 0 bridgehead atoms. The van der Waals surface area contributed by atoms with Gasteiger partial charge in [-0.05, 0) is 37.5 Å². The van der Waals surface area contributed by atoms with Crippen LogP contribution in [0.2, 0.25) is 0 Å². The highest BCUT2D eigenvalue weighted by molar-refractivity contribution is 5.76. The molecule has 0 saturated heterocycles. The number of hydrogen-bond donors (Lipinski definition) is 0. The largest absolute Gasteiger partial charge is 0.467 e. The molecule has 1 rings (SSSR count). The van der Waals surface area contributed by atoms with Gasteiger partial charge >= 0.3 is 5.97 Å². The Morgan fingerprint density at radius 3 is 2.11 bits per heavy atom. The number of ether oxygens (including phenoxy) is 1. The molecule has 1 saturated carbocycles. The molecular formula is C15H27NO3. The van der Waals surface area contributed by atoms with Gasteiger partial charge in [0.05, 0.1) is 7.11 Å². The number of methoxy groups -OCH3 is 1. The van der Waals surface area contributed by atoms with E-state index in [-0.39, 0.29) is 0 Å². The van der Waals surface area contributed by atoms with Crippen LogP contribution in [0.5, 0.6) is 0 Å². The Balaban J connectivity index is 0.000000344. The molecule has 4 nitrogen and oxygen atoms in total. The summed E-state index contributed by atoms with van der Waals surface area (Å²) >= 11 is 0. The van der Waals surface area contributed by atoms with E-state index in [1.807, 2.05) is 0 Å². The third-order valence-electron chi connectivity index (χ3n) is 3.79. The van der Waals surface area contributed by atoms with Gasteiger partial charge in [-0.1, -0.05) is 33.6 Å². The molecule has 1 fully saturated rings. The lowest BCUT2D eigenvalue weighted by Gasteiger charge is -2.28. The second-order valence-corrected chi connectivity index (χ2v) is 5.68. The Hall–Kier alpha value is -1.15. The summed E-state index contributed by atoms with van der Waals surface area (Å²) in [5.74, 6) is 2.44. The highest BCUT2D eigenvalue weighted by Gasteiger charge is 2.20. The lowest BCUT2D eigenvalue weighted by molar-refractivity contribution is -0.141. The Kier molecular flexibility index (Phi) is 9.15. The van der Waals surface area contributed by atoms with E-state index in [9.17, 15) is 9.59 Å². The Morgan fingerprint density at radius 2 is 1.74 bits per heavy atom. The zero-order valence-corrected chi connectivity index (χ0v) is 12.8. The quantitative estimate of drug-likeness (QED) is 0.448. The first-order chi connectivity index (χ1) is 8.92. The predicted octanol–water partition coefficient (Wildman–Crippen LogP) is 3.35. The van der Waals surface area contributed by atoms with Crippen LogP contribution < -0.4 is 0 Å². The molecule has 1 unspecified atom stereocenters. The molecule has 0 heterocycles. The first-order valence-corrected chi connectivity index (χ1v) is 7.07. The van der Waals surface area contributed by atoms with Crippen LogP contribution in [-0.4, -0.2) is 25.2 Å². The minimum absolute atomic E-state index is 0.529. The van der Waals surface area contributed by atoms with E-state index in [0.29, 0.717) is 0 Å². The third kappa shape index (κ3) is 7.78. The minimum atomic E-state index is -0.729. The van der Waals surface area contributed by atoms with Gasteiger partial charge in [0.15, 0.2) is 6.04 Å². The average Bonchev–Trinajstić information content (AvgIpc) is 2.39. The number of carbonyl (C=O) groups is 1. The molecule has 0 aliphatic heterocycles. The van der Waals surface area contributed by atoms with Gasteiger partial charge in [0.1, 0.15) is 0 Å². The van der Waals surface area contributed by atoms with Gasteiger partial charge in [-0.3, -0.25) is 0 Å². The molecule has 0 aromatic heterocycles. The van der Waals surface area contributed by atoms with Crippen molar-refractivity contribution in [2.75, 3.05) is 7.11 Å². The van der Waals surface area contributed by atoms with Crippen LogP contribution in [0.25, 0.3) is 0 Å². The maximum absolute atomic E-state index is 10.4. The van der Waals surface area contributed by atoms with Crippen LogP contribution in [0.3, 0.4) is 0 Å². The van der Waals surface area contributed by atoms with Crippen LogP contribution in [0.4, 0.5) is 0 Å². The molecule has 0 aromatic rings. The van der Waals surface area contributed by atoms with Crippen LogP contribution >= 0.6 is 0 Å². The number of aliphatic imine (C=N–C) groups is 1. The Morgan fingerprint density at radius 1 is 1.21 bits per heavy atom. The predicted molar refractivity (Wildman–Crippen MR) is 75.6 cm³/mol. The lowest BCUT2D eigenvalue weighted by Crippen LogP contribution is -2.16. The fourth-order valence-electron chi connectivity index (χ4n) is 2.25. The first-order valence-electron chi connectivity index (χ1n) is 7.07. The van der Waals surface area contributed by atoms with Gasteiger partial charge in [0, 0.05) is 0 Å². The molecule has 110 valence electrons. The zero-order chi connectivity index (χ0) is 14.8. The summed E-state index contributed by atoms with van der Waals surface area (Å²) in [7, 11) is 1.24. The van der Waals surface area contributed by atoms with Crippen molar-refractivity contribution >= 4 is 12.0 Å². The molecule has 1 atom stereocenters. The van der Waals surface area contributed by atoms with Gasteiger partial charge in [-0.2, -0.15) is 4.99 Å². The van der Waals surface area contributed by atoms with Crippen molar-refractivity contribution < 1.29 is 14.3 Å². The second-order valence-electron chi connectivity index (χ2n) is 5.68. The fraction of sp³-hybridized carbons (Fsp3) is 0.867. The van der Waals surface area contributed by atoms with Crippen molar-refractivity contribution in [1.29, 1.82) is 0 Å². The van der Waals surface area contributed by atoms with Crippen LogP contribution in [-0.2, 0) is 14.3 Å². The number of hydrogen-bond acceptors (Lipinski definition) is 4. The van der Waals surface area contributed by atoms with Crippen molar-refractivity contribution in [2.24, 2.45) is 22.7 Å². The standard InChI is InChI=1S/C10H20.C5H7NO3/c1-8(2)10-6-4-9(3)5-7-10;1-4(6-3-7)5(8)9-2/h8-10H,4-7H2,1-3H3;4H,1-2H3. The summed E-state index contributed by atoms with van der Waals surface area (Å²) in [5, 5.41) is 0. The van der Waals surface area contributed by atoms with Crippen LogP contribution in [0, 0.1) is 17.8 Å². The summed E-state index contributed by atoms with van der Waals surface area (Å²) in [6.45, 7) is 8.56. The van der Waals surface area contributed by atoms with Gasteiger partial charge in [0.25, 0.3) is 0 Å². The van der Waals surface area contributed by atoms with Crippen LogP contribution in [0.15, 0.2) is 4.99 Å². The van der Waals surface area contributed by atoms with Crippen molar-refractivity contribution in [3.63, 3.8) is 0 Å². The molecule has 0 aromatic carbocycles. The first kappa shape index (κ1) is 17.8. The van der Waals surface area contributed by atoms with Gasteiger partial charge in [-0.15, -0.1) is 0 Å². The summed E-state index contributed by atoms with van der Waals surface area (Å²) in [5.41, 5.74) is 0. The summed E-state index contributed by atoms with van der Waals surface area (Å²) in [6, 6.07) is -0.729. The number of esters is 1. The highest BCUT2D eigenvalue weighted by atomic mass is 16.5. The second kappa shape index (κ2) is 9.74. The minimum Gasteiger partial charge on any atom is -0.467 e. The lowest BCUT2D eigenvalue weighted by atomic mass is 9.78. The molecule has 1 aliphatic rings. The third-order valence-corrected chi connectivity index (χ3v) is 3.79. The number of carbonyl (C=O) groups excluding carboxylic acids is 2. The molecule has 0 radical (unpaired) electrons. The van der Waals surface area contributed by atoms with Gasteiger partial charge in [0.2, 0.25) is 6.08 Å². The van der Waals surface area contributed by atoms with E-state index in [0.717, 1.165) is 17.8 Å². The smallest absolute Gasteiger partial charge is 0.331 e. The molecule has 1 aliphatic carbocycles. The number of rotatable bonds is 3. The van der Waals surface area contributed by atoms with E-state index in [4.69, 9.17) is 0 Å². The molecule has 0 spiro atoms. The maximum Gasteiger partial charge on any atom is 0.331 e. The topological polar surface area (TPSA) is 55.7 Å². The Labute approximate surface area is 116 Å². The normalized spacial score (nSPS) is 23.7. The van der Waals surface area contributed by atoms with E-state index < -0.39 is 12.0 Å². The molecule has 0 amide bonds. The van der Waals surface area contributed by atoms with Crippen LogP contribution in [0.1, 0.15) is 53.4 Å². The van der Waals surface area contributed by atoms with E-state index >= 15 is 0 Å². The van der Waals surface area contributed by atoms with Gasteiger partial charge in [-0.25, -0.2) is 9.59 Å². The van der Waals surface area contributed by atoms with Gasteiger partial charge < -0.3 is 4.74 Å². The molecule has 19 heavy (non-hydrogen) atoms. The van der Waals surface area contributed by atoms with E-state index in [1.165, 1.54) is 45.8 Å². The molecule has 4 heteroatoms. The summed E-state index contributed by atoms with van der Waals surface area (Å²) < 4.78 is 4.25. The number of nitrogens with zero attached hydrogens (tertiary/aromatic N) is 1. The number of isocyanates is 1. The zero-order valence-electron chi connectivity index (χ0n) is 12.8. The van der Waals surface area contributed by atoms with Crippen molar-refractivity contribution in [3.05, 3.63) is 0 Å². The fourth-order valence-corrected chi connectivity index (χ4v) is 2.25. The highest BCUT2D eigenvalue weighted by Crippen LogP contribution is 2.32. The maximum atomic E-state index is 10.4. The monoisotopic (exact) mass is 269 g/mol. The van der Waals surface area contributed by atoms with E-state index in [2.05, 4.69) is 30.5 Å². The molecule has 0 N–H and O–H groups in total. The van der Waals surface area contributed by atoms with Crippen molar-refractivity contribution in [3.8, 4) is 0 Å². The SMILES string of the molecule is CC1CCC(C(C)C)CC1.COC(=O)C(C)N=C=O. The molecular weight excluding hydrogens is 242 g/mol. The van der Waals surface area contributed by atoms with Crippen molar-refractivity contribution in [2.45, 2.75) is 59.4 Å². The van der Waals surface area contributed by atoms with Crippen molar-refractivity contribution in [1.82, 2.24) is 0 Å². The Bertz CT molecular complexity index is 301.